The molecule has 2 aromatic carbocycles. The minimum absolute atomic E-state index is 0.632. The first-order chi connectivity index (χ1) is 13.2. The van der Waals surface area contributed by atoms with Crippen LogP contribution in [0.3, 0.4) is 0 Å². The number of nitrogens with zero attached hydrogens (tertiary/aromatic N) is 1. The van der Waals surface area contributed by atoms with Crippen molar-refractivity contribution >= 4 is 28.8 Å². The third-order valence-corrected chi connectivity index (χ3v) is 5.77. The van der Waals surface area contributed by atoms with E-state index in [2.05, 4.69) is 41.4 Å². The predicted octanol–water partition coefficient (Wildman–Crippen LogP) is 6.33. The smallest absolute Gasteiger partial charge is 0.0719 e. The van der Waals surface area contributed by atoms with Gasteiger partial charge in [-0.05, 0) is 64.8 Å². The first-order valence-corrected chi connectivity index (χ1v) is 10.1. The van der Waals surface area contributed by atoms with Crippen LogP contribution in [0.1, 0.15) is 29.5 Å². The van der Waals surface area contributed by atoms with Crippen molar-refractivity contribution < 1.29 is 4.74 Å². The summed E-state index contributed by atoms with van der Waals surface area (Å²) in [5.74, 6) is 0.657. The molecule has 1 heterocycles. The molecule has 0 atom stereocenters. The summed E-state index contributed by atoms with van der Waals surface area (Å²) in [7, 11) is 1.75. The second-order valence-electron chi connectivity index (χ2n) is 7.23. The molecular formula is C23H23Cl2NO. The molecular weight excluding hydrogens is 377 g/mol. The molecule has 1 aliphatic carbocycles. The van der Waals surface area contributed by atoms with E-state index in [1.165, 1.54) is 35.1 Å². The van der Waals surface area contributed by atoms with E-state index in [4.69, 9.17) is 27.9 Å². The van der Waals surface area contributed by atoms with E-state index in [9.17, 15) is 0 Å². The second kappa shape index (κ2) is 8.10. The molecule has 1 fully saturated rings. The van der Waals surface area contributed by atoms with Gasteiger partial charge in [0.25, 0.3) is 0 Å². The number of methoxy groups -OCH3 is 1. The van der Waals surface area contributed by atoms with Crippen molar-refractivity contribution in [2.75, 3.05) is 13.7 Å². The molecule has 0 unspecified atom stereocenters. The van der Waals surface area contributed by atoms with E-state index in [1.807, 2.05) is 18.2 Å². The number of rotatable bonds is 6. The van der Waals surface area contributed by atoms with Gasteiger partial charge in [0.1, 0.15) is 0 Å². The summed E-state index contributed by atoms with van der Waals surface area (Å²) < 4.78 is 5.41. The fourth-order valence-corrected chi connectivity index (χ4v) is 4.06. The zero-order valence-electron chi connectivity index (χ0n) is 15.4. The third kappa shape index (κ3) is 4.24. The summed E-state index contributed by atoms with van der Waals surface area (Å²) >= 11 is 12.5. The molecule has 4 heteroatoms. The predicted molar refractivity (Wildman–Crippen MR) is 113 cm³/mol. The summed E-state index contributed by atoms with van der Waals surface area (Å²) in [5, 5.41) is 1.49. The molecule has 0 amide bonds. The van der Waals surface area contributed by atoms with Gasteiger partial charge in [0, 0.05) is 36.4 Å². The van der Waals surface area contributed by atoms with Gasteiger partial charge in [-0.3, -0.25) is 0 Å². The lowest BCUT2D eigenvalue weighted by atomic mass is 9.90. The molecule has 140 valence electrons. The Morgan fingerprint density at radius 2 is 1.89 bits per heavy atom. The molecule has 0 radical (unpaired) electrons. The molecule has 0 saturated heterocycles. The van der Waals surface area contributed by atoms with Gasteiger partial charge in [-0.15, -0.1) is 0 Å². The van der Waals surface area contributed by atoms with Crippen molar-refractivity contribution in [2.45, 2.75) is 26.0 Å². The minimum Gasteiger partial charge on any atom is -0.380 e. The van der Waals surface area contributed by atoms with Crippen LogP contribution >= 0.6 is 23.2 Å². The summed E-state index contributed by atoms with van der Waals surface area (Å²) in [5.41, 5.74) is 6.39. The summed E-state index contributed by atoms with van der Waals surface area (Å²) in [6.07, 6.45) is 7.21. The molecule has 2 aromatic rings. The van der Waals surface area contributed by atoms with Crippen LogP contribution in [-0.4, -0.2) is 18.6 Å². The van der Waals surface area contributed by atoms with Crippen LogP contribution in [-0.2, 0) is 17.9 Å². The largest absolute Gasteiger partial charge is 0.380 e. The first kappa shape index (κ1) is 18.6. The zero-order valence-corrected chi connectivity index (χ0v) is 16.9. The molecule has 4 rings (SSSR count). The van der Waals surface area contributed by atoms with Gasteiger partial charge in [-0.2, -0.15) is 0 Å². The Morgan fingerprint density at radius 3 is 2.67 bits per heavy atom. The van der Waals surface area contributed by atoms with Crippen molar-refractivity contribution in [1.82, 2.24) is 4.90 Å². The van der Waals surface area contributed by atoms with Gasteiger partial charge in [-0.25, -0.2) is 0 Å². The van der Waals surface area contributed by atoms with Crippen LogP contribution in [0.25, 0.3) is 5.57 Å². The summed E-state index contributed by atoms with van der Waals surface area (Å²) in [4.78, 5) is 2.33. The Labute approximate surface area is 171 Å². The third-order valence-electron chi connectivity index (χ3n) is 5.17. The number of halogens is 2. The van der Waals surface area contributed by atoms with E-state index in [1.54, 1.807) is 7.11 Å². The van der Waals surface area contributed by atoms with Crippen LogP contribution in [0.2, 0.25) is 10.0 Å². The number of hydrogen-bond donors (Lipinski definition) is 0. The van der Waals surface area contributed by atoms with Crippen LogP contribution in [0.5, 0.6) is 0 Å². The monoisotopic (exact) mass is 399 g/mol. The number of benzene rings is 2. The highest BCUT2D eigenvalue weighted by atomic mass is 35.5. The molecule has 0 spiro atoms. The van der Waals surface area contributed by atoms with Crippen molar-refractivity contribution in [2.24, 2.45) is 5.92 Å². The topological polar surface area (TPSA) is 12.5 Å². The van der Waals surface area contributed by atoms with Crippen LogP contribution in [0, 0.1) is 5.92 Å². The molecule has 0 aromatic heterocycles. The molecule has 0 bridgehead atoms. The SMILES string of the molecule is COCc1ccccc1C1=CCN(Cc2cc(Cl)ccc2Cl)C=C1C1CC1. The van der Waals surface area contributed by atoms with Gasteiger partial charge in [0.05, 0.1) is 6.61 Å². The molecule has 0 N–H and O–H groups in total. The fraction of sp³-hybridized carbons (Fsp3) is 0.304. The first-order valence-electron chi connectivity index (χ1n) is 9.33. The van der Waals surface area contributed by atoms with Gasteiger partial charge < -0.3 is 9.64 Å². The van der Waals surface area contributed by atoms with E-state index in [0.29, 0.717) is 12.5 Å². The quantitative estimate of drug-likeness (QED) is 0.562. The lowest BCUT2D eigenvalue weighted by Gasteiger charge is -2.28. The average molecular weight is 400 g/mol. The van der Waals surface area contributed by atoms with Gasteiger partial charge in [0.2, 0.25) is 0 Å². The van der Waals surface area contributed by atoms with Crippen molar-refractivity contribution in [3.63, 3.8) is 0 Å². The van der Waals surface area contributed by atoms with E-state index >= 15 is 0 Å². The van der Waals surface area contributed by atoms with Crippen LogP contribution in [0.4, 0.5) is 0 Å². The van der Waals surface area contributed by atoms with E-state index < -0.39 is 0 Å². The molecule has 27 heavy (non-hydrogen) atoms. The zero-order chi connectivity index (χ0) is 18.8. The lowest BCUT2D eigenvalue weighted by molar-refractivity contribution is 0.184. The number of allylic oxidation sites excluding steroid dienone is 2. The Bertz CT molecular complexity index is 899. The van der Waals surface area contributed by atoms with Crippen LogP contribution < -0.4 is 0 Å². The molecule has 1 saturated carbocycles. The highest BCUT2D eigenvalue weighted by Crippen LogP contribution is 2.45. The number of ether oxygens (including phenoxy) is 1. The number of hydrogen-bond acceptors (Lipinski definition) is 2. The second-order valence-corrected chi connectivity index (χ2v) is 8.08. The van der Waals surface area contributed by atoms with Gasteiger partial charge in [-0.1, -0.05) is 53.5 Å². The van der Waals surface area contributed by atoms with E-state index in [-0.39, 0.29) is 0 Å². The Kier molecular flexibility index (Phi) is 5.58. The Morgan fingerprint density at radius 1 is 1.07 bits per heavy atom. The fourth-order valence-electron chi connectivity index (χ4n) is 3.69. The minimum atomic E-state index is 0.632. The average Bonchev–Trinajstić information content (AvgIpc) is 3.51. The standard InChI is InChI=1S/C23H23Cl2NO/c1-27-15-17-4-2-3-5-20(17)21-10-11-26(14-22(21)16-6-7-16)13-18-12-19(24)8-9-23(18)25/h2-5,8-10,12,14,16H,6-7,11,13,15H2,1H3. The Hall–Kier alpha value is -1.74. The Balaban J connectivity index is 1.62. The highest BCUT2D eigenvalue weighted by Gasteiger charge is 2.31. The van der Waals surface area contributed by atoms with Gasteiger partial charge >= 0.3 is 0 Å². The highest BCUT2D eigenvalue weighted by molar-refractivity contribution is 6.33. The van der Waals surface area contributed by atoms with Crippen molar-refractivity contribution in [3.05, 3.63) is 87.0 Å². The van der Waals surface area contributed by atoms with Gasteiger partial charge in [0.15, 0.2) is 0 Å². The summed E-state index contributed by atoms with van der Waals surface area (Å²) in [6, 6.07) is 14.2. The molecule has 2 aliphatic rings. The lowest BCUT2D eigenvalue weighted by Crippen LogP contribution is -2.22. The maximum atomic E-state index is 6.37. The maximum absolute atomic E-state index is 6.37. The van der Waals surface area contributed by atoms with Crippen molar-refractivity contribution in [3.8, 4) is 0 Å². The van der Waals surface area contributed by atoms with E-state index in [0.717, 1.165) is 28.7 Å². The molecule has 2 nitrogen and oxygen atoms in total. The summed E-state index contributed by atoms with van der Waals surface area (Å²) in [6.45, 7) is 2.25. The van der Waals surface area contributed by atoms with Crippen molar-refractivity contribution in [1.29, 1.82) is 0 Å². The van der Waals surface area contributed by atoms with Crippen LogP contribution in [0.15, 0.2) is 60.3 Å². The normalized spacial score (nSPS) is 16.9. The molecule has 1 aliphatic heterocycles. The maximum Gasteiger partial charge on any atom is 0.0719 e.